The van der Waals surface area contributed by atoms with Gasteiger partial charge < -0.3 is 10.2 Å². The highest BCUT2D eigenvalue weighted by atomic mass is 16.3. The minimum absolute atomic E-state index is 0.0212. The molecule has 0 aromatic heterocycles. The van der Waals surface area contributed by atoms with Crippen molar-refractivity contribution >= 4 is 0 Å². The molecule has 0 saturated heterocycles. The van der Waals surface area contributed by atoms with E-state index >= 15 is 0 Å². The fourth-order valence-corrected chi connectivity index (χ4v) is 2.47. The van der Waals surface area contributed by atoms with E-state index in [1.807, 2.05) is 25.1 Å². The zero-order chi connectivity index (χ0) is 13.4. The van der Waals surface area contributed by atoms with E-state index in [1.165, 1.54) is 5.56 Å². The third kappa shape index (κ3) is 4.11. The molecule has 0 aliphatic heterocycles. The molecule has 0 amide bonds. The molecule has 0 heterocycles. The maximum absolute atomic E-state index is 10.5. The van der Waals surface area contributed by atoms with Crippen molar-refractivity contribution in [1.82, 2.24) is 0 Å². The molecular formula is C16H26O2. The summed E-state index contributed by atoms with van der Waals surface area (Å²) in [5.41, 5.74) is 1.19. The molecular weight excluding hydrogens is 224 g/mol. The minimum atomic E-state index is -0.450. The van der Waals surface area contributed by atoms with Crippen molar-refractivity contribution in [2.24, 2.45) is 5.92 Å². The Bertz CT molecular complexity index is 306. The number of benzene rings is 1. The van der Waals surface area contributed by atoms with Crippen LogP contribution in [0.5, 0.6) is 0 Å². The third-order valence-electron chi connectivity index (χ3n) is 3.75. The normalized spacial score (nSPS) is 16.2. The molecule has 3 unspecified atom stereocenters. The largest absolute Gasteiger partial charge is 0.396 e. The molecule has 2 nitrogen and oxygen atoms in total. The molecule has 2 heteroatoms. The highest BCUT2D eigenvalue weighted by Crippen LogP contribution is 2.30. The van der Waals surface area contributed by atoms with Crippen LogP contribution in [0.15, 0.2) is 30.3 Å². The number of unbranched alkanes of at least 4 members (excludes halogenated alkanes) is 1. The predicted octanol–water partition coefficient (Wildman–Crippen LogP) is 3.34. The zero-order valence-electron chi connectivity index (χ0n) is 11.5. The van der Waals surface area contributed by atoms with E-state index in [0.29, 0.717) is 0 Å². The third-order valence-corrected chi connectivity index (χ3v) is 3.75. The van der Waals surface area contributed by atoms with Crippen LogP contribution < -0.4 is 0 Å². The van der Waals surface area contributed by atoms with Crippen molar-refractivity contribution in [3.63, 3.8) is 0 Å². The number of aliphatic hydroxyl groups is 2. The predicted molar refractivity (Wildman–Crippen MR) is 75.6 cm³/mol. The van der Waals surface area contributed by atoms with Gasteiger partial charge in [0.1, 0.15) is 0 Å². The molecule has 3 atom stereocenters. The Kier molecular flexibility index (Phi) is 6.99. The molecule has 2 N–H and O–H groups in total. The van der Waals surface area contributed by atoms with Crippen LogP contribution in [0.3, 0.4) is 0 Å². The monoisotopic (exact) mass is 250 g/mol. The molecule has 0 fully saturated rings. The second kappa shape index (κ2) is 8.28. The molecule has 1 aromatic carbocycles. The minimum Gasteiger partial charge on any atom is -0.396 e. The summed E-state index contributed by atoms with van der Waals surface area (Å²) in [6, 6.07) is 10.2. The summed E-state index contributed by atoms with van der Waals surface area (Å²) in [6.07, 6.45) is 3.59. The van der Waals surface area contributed by atoms with Gasteiger partial charge in [0.25, 0.3) is 0 Å². The van der Waals surface area contributed by atoms with Crippen LogP contribution in [0, 0.1) is 5.92 Å². The van der Waals surface area contributed by atoms with E-state index in [1.54, 1.807) is 0 Å². The fraction of sp³-hybridized carbons (Fsp3) is 0.625. The summed E-state index contributed by atoms with van der Waals surface area (Å²) in [5.74, 6) is 0.121. The fourth-order valence-electron chi connectivity index (χ4n) is 2.47. The topological polar surface area (TPSA) is 40.5 Å². The maximum atomic E-state index is 10.5. The van der Waals surface area contributed by atoms with Gasteiger partial charge in [0.15, 0.2) is 0 Å². The maximum Gasteiger partial charge on any atom is 0.0658 e. The van der Waals surface area contributed by atoms with Crippen LogP contribution >= 0.6 is 0 Å². The molecule has 0 aliphatic rings. The average molecular weight is 250 g/mol. The highest BCUT2D eigenvalue weighted by Gasteiger charge is 2.26. The van der Waals surface area contributed by atoms with Crippen molar-refractivity contribution in [3.8, 4) is 0 Å². The molecule has 0 radical (unpaired) electrons. The molecule has 0 saturated carbocycles. The van der Waals surface area contributed by atoms with E-state index in [4.69, 9.17) is 0 Å². The van der Waals surface area contributed by atoms with Gasteiger partial charge in [-0.2, -0.15) is 0 Å². The quantitative estimate of drug-likeness (QED) is 0.743. The first-order valence-corrected chi connectivity index (χ1v) is 7.08. The number of rotatable bonds is 8. The lowest BCUT2D eigenvalue weighted by Crippen LogP contribution is -2.30. The standard InChI is InChI=1S/C16H26O2/c1-3-5-11-15(14-9-7-6-8-10-14)16(18)13(4-2)12-17/h6-10,13,15-18H,3-5,11-12H2,1-2H3. The van der Waals surface area contributed by atoms with Gasteiger partial charge in [-0.15, -0.1) is 0 Å². The van der Waals surface area contributed by atoms with Crippen LogP contribution in [-0.2, 0) is 0 Å². The highest BCUT2D eigenvalue weighted by molar-refractivity contribution is 5.21. The van der Waals surface area contributed by atoms with Gasteiger partial charge in [0, 0.05) is 18.4 Å². The summed E-state index contributed by atoms with van der Waals surface area (Å²) in [4.78, 5) is 0. The van der Waals surface area contributed by atoms with Crippen molar-refractivity contribution in [2.75, 3.05) is 6.61 Å². The Hall–Kier alpha value is -0.860. The summed E-state index contributed by atoms with van der Waals surface area (Å²) in [6.45, 7) is 4.25. The summed E-state index contributed by atoms with van der Waals surface area (Å²) >= 11 is 0. The van der Waals surface area contributed by atoms with Gasteiger partial charge >= 0.3 is 0 Å². The second-order valence-corrected chi connectivity index (χ2v) is 5.00. The van der Waals surface area contributed by atoms with Gasteiger partial charge in [-0.3, -0.25) is 0 Å². The summed E-state index contributed by atoms with van der Waals surface area (Å²) in [7, 11) is 0. The van der Waals surface area contributed by atoms with Crippen molar-refractivity contribution in [2.45, 2.75) is 51.6 Å². The summed E-state index contributed by atoms with van der Waals surface area (Å²) in [5, 5.41) is 19.8. The van der Waals surface area contributed by atoms with Crippen molar-refractivity contribution in [1.29, 1.82) is 0 Å². The Balaban J connectivity index is 2.83. The first-order valence-electron chi connectivity index (χ1n) is 7.08. The average Bonchev–Trinajstić information content (AvgIpc) is 2.42. The van der Waals surface area contributed by atoms with Gasteiger partial charge in [0.05, 0.1) is 6.10 Å². The number of aliphatic hydroxyl groups excluding tert-OH is 2. The Morgan fingerprint density at radius 3 is 2.28 bits per heavy atom. The molecule has 102 valence electrons. The summed E-state index contributed by atoms with van der Waals surface area (Å²) < 4.78 is 0. The molecule has 1 rings (SSSR count). The SMILES string of the molecule is CCCCC(c1ccccc1)C(O)C(CC)CO. The smallest absolute Gasteiger partial charge is 0.0658 e. The van der Waals surface area contributed by atoms with Crippen molar-refractivity contribution in [3.05, 3.63) is 35.9 Å². The Labute approximate surface area is 111 Å². The first-order chi connectivity index (χ1) is 8.74. The first kappa shape index (κ1) is 15.2. The van der Waals surface area contributed by atoms with Crippen LogP contribution in [0.2, 0.25) is 0 Å². The lowest BCUT2D eigenvalue weighted by molar-refractivity contribution is 0.0415. The molecule has 18 heavy (non-hydrogen) atoms. The van der Waals surface area contributed by atoms with Crippen LogP contribution in [-0.4, -0.2) is 22.9 Å². The van der Waals surface area contributed by atoms with E-state index in [-0.39, 0.29) is 18.4 Å². The van der Waals surface area contributed by atoms with Gasteiger partial charge in [0.2, 0.25) is 0 Å². The molecule has 0 spiro atoms. The molecule has 1 aromatic rings. The van der Waals surface area contributed by atoms with E-state index < -0.39 is 6.10 Å². The van der Waals surface area contributed by atoms with Gasteiger partial charge in [-0.25, -0.2) is 0 Å². The van der Waals surface area contributed by atoms with E-state index in [9.17, 15) is 10.2 Å². The number of hydrogen-bond donors (Lipinski definition) is 2. The van der Waals surface area contributed by atoms with Gasteiger partial charge in [-0.05, 0) is 18.4 Å². The lowest BCUT2D eigenvalue weighted by Gasteiger charge is -2.28. The van der Waals surface area contributed by atoms with Crippen molar-refractivity contribution < 1.29 is 10.2 Å². The zero-order valence-corrected chi connectivity index (χ0v) is 11.5. The van der Waals surface area contributed by atoms with E-state index in [2.05, 4.69) is 19.1 Å². The van der Waals surface area contributed by atoms with Crippen LogP contribution in [0.1, 0.15) is 51.0 Å². The second-order valence-electron chi connectivity index (χ2n) is 5.00. The Morgan fingerprint density at radius 2 is 1.78 bits per heavy atom. The number of hydrogen-bond acceptors (Lipinski definition) is 2. The van der Waals surface area contributed by atoms with Crippen LogP contribution in [0.25, 0.3) is 0 Å². The lowest BCUT2D eigenvalue weighted by atomic mass is 9.82. The van der Waals surface area contributed by atoms with E-state index in [0.717, 1.165) is 25.7 Å². The molecule has 0 aliphatic carbocycles. The molecule has 0 bridgehead atoms. The van der Waals surface area contributed by atoms with Gasteiger partial charge in [-0.1, -0.05) is 57.0 Å². The van der Waals surface area contributed by atoms with Crippen LogP contribution in [0.4, 0.5) is 0 Å². The Morgan fingerprint density at radius 1 is 1.11 bits per heavy atom.